The van der Waals surface area contributed by atoms with Crippen LogP contribution < -0.4 is 4.90 Å². The van der Waals surface area contributed by atoms with E-state index >= 15 is 0 Å². The van der Waals surface area contributed by atoms with Crippen molar-refractivity contribution in [1.29, 1.82) is 0 Å². The molecule has 0 fully saturated rings. The number of rotatable bonds is 9. The van der Waals surface area contributed by atoms with E-state index in [4.69, 9.17) is 4.98 Å². The summed E-state index contributed by atoms with van der Waals surface area (Å²) in [4.78, 5) is 22.4. The molecule has 1 heterocycles. The molecule has 0 unspecified atom stereocenters. The molecule has 0 atom stereocenters. The zero-order valence-electron chi connectivity index (χ0n) is 18.5. The van der Waals surface area contributed by atoms with Crippen molar-refractivity contribution in [1.82, 2.24) is 9.88 Å². The highest BCUT2D eigenvalue weighted by molar-refractivity contribution is 7.90. The van der Waals surface area contributed by atoms with Crippen LogP contribution in [0.25, 0.3) is 10.2 Å². The summed E-state index contributed by atoms with van der Waals surface area (Å²) >= 11 is 1.46. The molecule has 8 heteroatoms. The van der Waals surface area contributed by atoms with Crippen molar-refractivity contribution in [3.8, 4) is 0 Å². The summed E-state index contributed by atoms with van der Waals surface area (Å²) in [5.74, 6) is -0.342. The number of sulfone groups is 1. The van der Waals surface area contributed by atoms with Crippen LogP contribution in [0.15, 0.2) is 47.4 Å². The van der Waals surface area contributed by atoms with Gasteiger partial charge in [-0.1, -0.05) is 56.4 Å². The number of carbonyl (C=O) groups excluding carboxylic acids is 1. The van der Waals surface area contributed by atoms with Gasteiger partial charge in [0.05, 0.1) is 20.7 Å². The van der Waals surface area contributed by atoms with Crippen molar-refractivity contribution in [3.05, 3.63) is 53.6 Å². The van der Waals surface area contributed by atoms with E-state index in [1.165, 1.54) is 17.4 Å². The summed E-state index contributed by atoms with van der Waals surface area (Å²) in [5.41, 5.74) is 2.22. The molecule has 0 aliphatic carbocycles. The van der Waals surface area contributed by atoms with Gasteiger partial charge >= 0.3 is 0 Å². The van der Waals surface area contributed by atoms with Crippen molar-refractivity contribution in [2.24, 2.45) is 0 Å². The molecule has 0 N–H and O–H groups in total. The number of nitrogens with zero attached hydrogens (tertiary/aromatic N) is 3. The molecule has 1 amide bonds. The number of carbonyl (C=O) groups is 1. The molecule has 2 aromatic carbocycles. The van der Waals surface area contributed by atoms with Crippen LogP contribution in [0.3, 0.4) is 0 Å². The SMILES string of the molecule is CCc1cccc2sc(N(CCN(CC)CC)C(=O)c3ccccc3S(C)(=O)=O)nc12. The van der Waals surface area contributed by atoms with Gasteiger partial charge in [0.1, 0.15) is 0 Å². The minimum absolute atomic E-state index is 0.0446. The third-order valence-electron chi connectivity index (χ3n) is 5.40. The van der Waals surface area contributed by atoms with Gasteiger partial charge < -0.3 is 4.90 Å². The van der Waals surface area contributed by atoms with Gasteiger partial charge in [-0.05, 0) is 43.3 Å². The minimum Gasteiger partial charge on any atom is -0.302 e. The van der Waals surface area contributed by atoms with Gasteiger partial charge in [-0.3, -0.25) is 9.69 Å². The van der Waals surface area contributed by atoms with Crippen LogP contribution in [0.5, 0.6) is 0 Å². The normalized spacial score (nSPS) is 11.9. The average Bonchev–Trinajstić information content (AvgIpc) is 3.19. The van der Waals surface area contributed by atoms with E-state index < -0.39 is 9.84 Å². The number of aromatic nitrogens is 1. The fraction of sp³-hybridized carbons (Fsp3) is 0.391. The molecular formula is C23H29N3O3S2. The molecule has 166 valence electrons. The smallest absolute Gasteiger partial charge is 0.261 e. The molecule has 31 heavy (non-hydrogen) atoms. The van der Waals surface area contributed by atoms with Gasteiger partial charge in [0.15, 0.2) is 15.0 Å². The Labute approximate surface area is 188 Å². The molecule has 1 aromatic heterocycles. The van der Waals surface area contributed by atoms with Crippen molar-refractivity contribution in [2.45, 2.75) is 32.1 Å². The van der Waals surface area contributed by atoms with Gasteiger partial charge in [-0.15, -0.1) is 0 Å². The van der Waals surface area contributed by atoms with Crippen LogP contribution >= 0.6 is 11.3 Å². The Morgan fingerprint density at radius 2 is 1.71 bits per heavy atom. The topological polar surface area (TPSA) is 70.6 Å². The molecule has 0 spiro atoms. The highest BCUT2D eigenvalue weighted by Gasteiger charge is 2.26. The van der Waals surface area contributed by atoms with Gasteiger partial charge in [0.2, 0.25) is 0 Å². The number of thiazole rings is 1. The van der Waals surface area contributed by atoms with Crippen molar-refractivity contribution in [3.63, 3.8) is 0 Å². The predicted octanol–water partition coefficient (Wildman–Crippen LogP) is 4.25. The summed E-state index contributed by atoms with van der Waals surface area (Å²) in [7, 11) is -3.55. The van der Waals surface area contributed by atoms with E-state index in [1.54, 1.807) is 23.1 Å². The maximum atomic E-state index is 13.6. The first-order chi connectivity index (χ1) is 14.8. The summed E-state index contributed by atoms with van der Waals surface area (Å²) in [6, 6.07) is 12.5. The second-order valence-electron chi connectivity index (χ2n) is 7.37. The first-order valence-corrected chi connectivity index (χ1v) is 13.2. The van der Waals surface area contributed by atoms with E-state index in [1.807, 2.05) is 18.2 Å². The predicted molar refractivity (Wildman–Crippen MR) is 128 cm³/mol. The van der Waals surface area contributed by atoms with Gasteiger partial charge in [0, 0.05) is 19.3 Å². The monoisotopic (exact) mass is 459 g/mol. The summed E-state index contributed by atoms with van der Waals surface area (Å²) < 4.78 is 25.6. The summed E-state index contributed by atoms with van der Waals surface area (Å²) in [6.45, 7) is 9.10. The Morgan fingerprint density at radius 1 is 1.00 bits per heavy atom. The number of anilines is 1. The standard InChI is InChI=1S/C23H29N3O3S2/c1-5-17-11-10-13-19-21(17)24-23(30-19)26(16-15-25(6-2)7-3)22(27)18-12-8-9-14-20(18)31(4,28)29/h8-14H,5-7,15-16H2,1-4H3. The maximum Gasteiger partial charge on any atom is 0.261 e. The number of fused-ring (bicyclic) bond motifs is 1. The largest absolute Gasteiger partial charge is 0.302 e. The van der Waals surface area contributed by atoms with Crippen LogP contribution in [0.1, 0.15) is 36.7 Å². The van der Waals surface area contributed by atoms with Gasteiger partial charge in [0.25, 0.3) is 5.91 Å². The quantitative estimate of drug-likeness (QED) is 0.478. The molecule has 3 rings (SSSR count). The Balaban J connectivity index is 2.09. The third-order valence-corrected chi connectivity index (χ3v) is 7.60. The highest BCUT2D eigenvalue weighted by Crippen LogP contribution is 2.32. The lowest BCUT2D eigenvalue weighted by molar-refractivity contribution is 0.0980. The zero-order chi connectivity index (χ0) is 22.6. The lowest BCUT2D eigenvalue weighted by atomic mass is 10.1. The lowest BCUT2D eigenvalue weighted by Crippen LogP contribution is -2.39. The Bertz CT molecular complexity index is 1170. The molecule has 0 aliphatic rings. The number of benzene rings is 2. The molecule has 0 saturated heterocycles. The average molecular weight is 460 g/mol. The second-order valence-corrected chi connectivity index (χ2v) is 10.4. The Hall–Kier alpha value is -2.29. The molecule has 0 aliphatic heterocycles. The highest BCUT2D eigenvalue weighted by atomic mass is 32.2. The first-order valence-electron chi connectivity index (χ1n) is 10.5. The van der Waals surface area contributed by atoms with E-state index in [0.717, 1.165) is 41.5 Å². The summed E-state index contributed by atoms with van der Waals surface area (Å²) in [6.07, 6.45) is 1.98. The fourth-order valence-corrected chi connectivity index (χ4v) is 5.49. The van der Waals surface area contributed by atoms with E-state index in [2.05, 4.69) is 25.7 Å². The number of aryl methyl sites for hydroxylation is 1. The van der Waals surface area contributed by atoms with Crippen LogP contribution in [0.4, 0.5) is 5.13 Å². The number of hydrogen-bond acceptors (Lipinski definition) is 6. The van der Waals surface area contributed by atoms with Crippen LogP contribution in [0, 0.1) is 0 Å². The van der Waals surface area contributed by atoms with Crippen LogP contribution in [-0.4, -0.2) is 56.6 Å². The van der Waals surface area contributed by atoms with Crippen molar-refractivity contribution >= 4 is 42.4 Å². The third kappa shape index (κ3) is 5.14. The van der Waals surface area contributed by atoms with E-state index in [-0.39, 0.29) is 16.4 Å². The van der Waals surface area contributed by atoms with E-state index in [9.17, 15) is 13.2 Å². The van der Waals surface area contributed by atoms with Crippen molar-refractivity contribution < 1.29 is 13.2 Å². The Kier molecular flexibility index (Phi) is 7.46. The first kappa shape index (κ1) is 23.4. The minimum atomic E-state index is -3.55. The molecule has 0 bridgehead atoms. The van der Waals surface area contributed by atoms with E-state index in [0.29, 0.717) is 18.2 Å². The number of para-hydroxylation sites is 1. The number of hydrogen-bond donors (Lipinski definition) is 0. The van der Waals surface area contributed by atoms with Crippen LogP contribution in [0.2, 0.25) is 0 Å². The van der Waals surface area contributed by atoms with Gasteiger partial charge in [-0.2, -0.15) is 0 Å². The number of amides is 1. The number of likely N-dealkylation sites (N-methyl/N-ethyl adjacent to an activating group) is 1. The molecule has 0 radical (unpaired) electrons. The molecule has 6 nitrogen and oxygen atoms in total. The molecule has 0 saturated carbocycles. The maximum absolute atomic E-state index is 13.6. The lowest BCUT2D eigenvalue weighted by Gasteiger charge is -2.25. The molecular weight excluding hydrogens is 430 g/mol. The Morgan fingerprint density at radius 3 is 2.35 bits per heavy atom. The second kappa shape index (κ2) is 9.89. The zero-order valence-corrected chi connectivity index (χ0v) is 20.1. The van der Waals surface area contributed by atoms with Gasteiger partial charge in [-0.25, -0.2) is 13.4 Å². The molecule has 3 aromatic rings. The van der Waals surface area contributed by atoms with Crippen LogP contribution in [-0.2, 0) is 16.3 Å². The fourth-order valence-electron chi connectivity index (χ4n) is 3.57. The summed E-state index contributed by atoms with van der Waals surface area (Å²) in [5, 5.41) is 0.594. The van der Waals surface area contributed by atoms with Crippen molar-refractivity contribution in [2.75, 3.05) is 37.3 Å².